The van der Waals surface area contributed by atoms with Crippen LogP contribution in [0.4, 0.5) is 4.79 Å². The summed E-state index contributed by atoms with van der Waals surface area (Å²) < 4.78 is 6.56. The molecule has 134 valence electrons. The Morgan fingerprint density at radius 3 is 2.21 bits per heavy atom. The average molecular weight is 350 g/mol. The van der Waals surface area contributed by atoms with Crippen molar-refractivity contribution in [3.05, 3.63) is 35.9 Å². The maximum atomic E-state index is 11.3. The van der Waals surface area contributed by atoms with Crippen LogP contribution in [-0.4, -0.2) is 44.1 Å². The van der Waals surface area contributed by atoms with Gasteiger partial charge in [-0.15, -0.1) is 0 Å². The summed E-state index contributed by atoms with van der Waals surface area (Å²) in [5.74, 6) is 0. The Morgan fingerprint density at radius 2 is 1.75 bits per heavy atom. The molecule has 2 rings (SSSR count). The minimum atomic E-state index is -1.84. The number of benzene rings is 1. The number of carbonyl (C=O) groups is 1. The maximum Gasteiger partial charge on any atom is 0.407 e. The van der Waals surface area contributed by atoms with Gasteiger partial charge in [0.05, 0.1) is 0 Å². The van der Waals surface area contributed by atoms with E-state index >= 15 is 0 Å². The van der Waals surface area contributed by atoms with Gasteiger partial charge in [0.1, 0.15) is 0 Å². The molecular formula is C19H31NO3Si. The Bertz CT molecular complexity index is 558. The molecule has 0 atom stereocenters. The van der Waals surface area contributed by atoms with Crippen molar-refractivity contribution in [3.8, 4) is 0 Å². The van der Waals surface area contributed by atoms with Crippen LogP contribution in [0.5, 0.6) is 0 Å². The van der Waals surface area contributed by atoms with E-state index in [4.69, 9.17) is 4.43 Å². The molecule has 1 fully saturated rings. The highest BCUT2D eigenvalue weighted by atomic mass is 28.4. The third-order valence-corrected chi connectivity index (χ3v) is 10.4. The van der Waals surface area contributed by atoms with Crippen LogP contribution in [0.2, 0.25) is 18.1 Å². The first-order chi connectivity index (χ1) is 11.1. The highest BCUT2D eigenvalue weighted by Gasteiger charge is 2.42. The first kappa shape index (κ1) is 19.0. The molecule has 0 saturated carbocycles. The Morgan fingerprint density at radius 1 is 1.21 bits per heavy atom. The fourth-order valence-corrected chi connectivity index (χ4v) is 4.04. The van der Waals surface area contributed by atoms with E-state index in [0.29, 0.717) is 19.7 Å². The first-order valence-electron chi connectivity index (χ1n) is 8.75. The maximum absolute atomic E-state index is 11.3. The van der Waals surface area contributed by atoms with Crippen molar-refractivity contribution in [1.29, 1.82) is 0 Å². The molecule has 0 bridgehead atoms. The van der Waals surface area contributed by atoms with Gasteiger partial charge in [-0.2, -0.15) is 0 Å². The van der Waals surface area contributed by atoms with Crippen LogP contribution >= 0.6 is 0 Å². The Kier molecular flexibility index (Phi) is 5.45. The lowest BCUT2D eigenvalue weighted by Crippen LogP contribution is -2.50. The topological polar surface area (TPSA) is 49.8 Å². The van der Waals surface area contributed by atoms with Crippen LogP contribution < -0.4 is 0 Å². The number of amides is 1. The van der Waals surface area contributed by atoms with Crippen LogP contribution in [-0.2, 0) is 9.84 Å². The Hall–Kier alpha value is -1.33. The summed E-state index contributed by atoms with van der Waals surface area (Å²) in [6, 6.07) is 10.5. The predicted octanol–water partition coefficient (Wildman–Crippen LogP) is 4.72. The smallest absolute Gasteiger partial charge is 0.407 e. The first-order valence-corrected chi connectivity index (χ1v) is 11.7. The van der Waals surface area contributed by atoms with Crippen molar-refractivity contribution in [3.63, 3.8) is 0 Å². The molecule has 1 aromatic carbocycles. The van der Waals surface area contributed by atoms with Gasteiger partial charge < -0.3 is 14.4 Å². The molecule has 1 aliphatic heterocycles. The van der Waals surface area contributed by atoms with Gasteiger partial charge in [-0.25, -0.2) is 4.79 Å². The zero-order valence-electron chi connectivity index (χ0n) is 15.6. The number of hydrogen-bond acceptors (Lipinski definition) is 2. The summed E-state index contributed by atoms with van der Waals surface area (Å²) in [4.78, 5) is 12.8. The minimum Gasteiger partial charge on any atom is -0.465 e. The van der Waals surface area contributed by atoms with Gasteiger partial charge in [-0.05, 0) is 36.5 Å². The van der Waals surface area contributed by atoms with Crippen molar-refractivity contribution in [1.82, 2.24) is 4.90 Å². The summed E-state index contributed by atoms with van der Waals surface area (Å²) in [5.41, 5.74) is 1.19. The quantitative estimate of drug-likeness (QED) is 0.800. The zero-order chi connectivity index (χ0) is 18.0. The van der Waals surface area contributed by atoms with Gasteiger partial charge >= 0.3 is 6.09 Å². The highest BCUT2D eigenvalue weighted by Crippen LogP contribution is 2.41. The summed E-state index contributed by atoms with van der Waals surface area (Å²) >= 11 is 0. The number of piperidine rings is 1. The van der Waals surface area contributed by atoms with Crippen molar-refractivity contribution in [2.24, 2.45) is 0 Å². The van der Waals surface area contributed by atoms with Crippen molar-refractivity contribution in [2.75, 3.05) is 19.7 Å². The van der Waals surface area contributed by atoms with E-state index in [1.165, 1.54) is 10.5 Å². The molecule has 0 unspecified atom stereocenters. The second-order valence-corrected chi connectivity index (χ2v) is 13.3. The summed E-state index contributed by atoms with van der Waals surface area (Å²) in [6.45, 7) is 13.1. The Balaban J connectivity index is 2.21. The SMILES string of the molecule is CC(C)(C)[Si](C)(C)OCC1(c2ccccc2)CCN(C(=O)O)CC1. The molecule has 1 aromatic rings. The van der Waals surface area contributed by atoms with E-state index in [1.54, 1.807) is 0 Å². The standard InChI is InChI=1S/C19H31NO3Si/c1-18(2,3)24(4,5)23-15-19(16-9-7-6-8-10-16)11-13-20(14-12-19)17(21)22/h6-10H,11-15H2,1-5H3,(H,21,22). The highest BCUT2D eigenvalue weighted by molar-refractivity contribution is 6.74. The number of likely N-dealkylation sites (tertiary alicyclic amines) is 1. The van der Waals surface area contributed by atoms with E-state index in [2.05, 4.69) is 58.1 Å². The molecule has 1 N–H and O–H groups in total. The van der Waals surface area contributed by atoms with Crippen LogP contribution in [0.25, 0.3) is 0 Å². The molecule has 0 aromatic heterocycles. The lowest BCUT2D eigenvalue weighted by Gasteiger charge is -2.45. The summed E-state index contributed by atoms with van der Waals surface area (Å²) in [5, 5.41) is 9.42. The minimum absolute atomic E-state index is 0.0806. The van der Waals surface area contributed by atoms with Crippen LogP contribution in [0.3, 0.4) is 0 Å². The molecule has 1 heterocycles. The second kappa shape index (κ2) is 6.88. The van der Waals surface area contributed by atoms with Crippen molar-refractivity contribution < 1.29 is 14.3 Å². The second-order valence-electron chi connectivity index (χ2n) is 8.46. The summed E-state index contributed by atoms with van der Waals surface area (Å²) in [7, 11) is -1.84. The molecule has 5 heteroatoms. The van der Waals surface area contributed by atoms with Crippen molar-refractivity contribution >= 4 is 14.4 Å². The van der Waals surface area contributed by atoms with Crippen LogP contribution in [0, 0.1) is 0 Å². The van der Waals surface area contributed by atoms with E-state index in [0.717, 1.165) is 12.8 Å². The monoisotopic (exact) mass is 349 g/mol. The third-order valence-electron chi connectivity index (χ3n) is 5.89. The van der Waals surface area contributed by atoms with E-state index in [9.17, 15) is 9.90 Å². The van der Waals surface area contributed by atoms with E-state index in [-0.39, 0.29) is 10.5 Å². The van der Waals surface area contributed by atoms with Gasteiger partial charge in [0.2, 0.25) is 0 Å². The average Bonchev–Trinajstić information content (AvgIpc) is 2.53. The predicted molar refractivity (Wildman–Crippen MR) is 100 cm³/mol. The molecule has 0 aliphatic carbocycles. The normalized spacial score (nSPS) is 18.5. The van der Waals surface area contributed by atoms with Crippen LogP contribution in [0.15, 0.2) is 30.3 Å². The van der Waals surface area contributed by atoms with Crippen LogP contribution in [0.1, 0.15) is 39.2 Å². The molecule has 1 amide bonds. The number of nitrogens with zero attached hydrogens (tertiary/aromatic N) is 1. The van der Waals surface area contributed by atoms with Gasteiger partial charge in [-0.3, -0.25) is 0 Å². The van der Waals surface area contributed by atoms with Crippen molar-refractivity contribution in [2.45, 2.75) is 57.2 Å². The van der Waals surface area contributed by atoms with Gasteiger partial charge in [0.15, 0.2) is 8.32 Å². The number of carboxylic acid groups (broad SMARTS) is 1. The largest absolute Gasteiger partial charge is 0.465 e. The molecule has 0 radical (unpaired) electrons. The Labute approximate surface area is 147 Å². The van der Waals surface area contributed by atoms with Gasteiger partial charge in [0.25, 0.3) is 0 Å². The summed E-state index contributed by atoms with van der Waals surface area (Å²) in [6.07, 6.45) is 0.817. The third kappa shape index (κ3) is 4.01. The lowest BCUT2D eigenvalue weighted by molar-refractivity contribution is 0.0920. The molecule has 4 nitrogen and oxygen atoms in total. The molecule has 24 heavy (non-hydrogen) atoms. The fraction of sp³-hybridized carbons (Fsp3) is 0.632. The van der Waals surface area contributed by atoms with Gasteiger partial charge in [-0.1, -0.05) is 51.1 Å². The molecule has 1 aliphatic rings. The molecule has 1 saturated heterocycles. The fourth-order valence-electron chi connectivity index (χ4n) is 2.97. The van der Waals surface area contributed by atoms with E-state index in [1.807, 2.05) is 6.07 Å². The molecule has 0 spiro atoms. The number of rotatable bonds is 4. The van der Waals surface area contributed by atoms with Gasteiger partial charge in [0, 0.05) is 25.1 Å². The zero-order valence-corrected chi connectivity index (χ0v) is 16.6. The molecular weight excluding hydrogens is 318 g/mol. The van der Waals surface area contributed by atoms with E-state index < -0.39 is 14.4 Å². The number of hydrogen-bond donors (Lipinski definition) is 1. The lowest BCUT2D eigenvalue weighted by atomic mass is 9.73.